The highest BCUT2D eigenvalue weighted by molar-refractivity contribution is 6.30. The summed E-state index contributed by atoms with van der Waals surface area (Å²) in [6.07, 6.45) is 3.66. The first kappa shape index (κ1) is 19.1. The SMILES string of the molecule is C#N.CN1CCCC1c1cc(OCc2cc(F)cc(F)c2)cnc1Cl. The Balaban J connectivity index is 0.00000109. The van der Waals surface area contributed by atoms with Gasteiger partial charge in [-0.2, -0.15) is 0 Å². The zero-order chi connectivity index (χ0) is 18.4. The van der Waals surface area contributed by atoms with Crippen LogP contribution in [0.15, 0.2) is 30.5 Å². The number of rotatable bonds is 4. The van der Waals surface area contributed by atoms with Gasteiger partial charge in [0.25, 0.3) is 0 Å². The summed E-state index contributed by atoms with van der Waals surface area (Å²) in [5.74, 6) is -0.702. The standard InChI is InChI=1S/C17H17ClF2N2O.CHN/c1-22-4-2-3-16(22)15-8-14(9-21-17(15)18)23-10-11-5-12(19)7-13(20)6-11;1-2/h5-9,16H,2-4,10H2,1H3;1H. The van der Waals surface area contributed by atoms with E-state index < -0.39 is 11.6 Å². The van der Waals surface area contributed by atoms with Gasteiger partial charge in [-0.1, -0.05) is 11.6 Å². The molecule has 1 fully saturated rings. The Morgan fingerprint density at radius 2 is 1.96 bits per heavy atom. The number of aromatic nitrogens is 1. The Hall–Kier alpha value is -2.23. The molecule has 0 N–H and O–H groups in total. The van der Waals surface area contributed by atoms with Gasteiger partial charge in [0, 0.05) is 24.2 Å². The molecule has 0 spiro atoms. The van der Waals surface area contributed by atoms with Gasteiger partial charge in [-0.15, -0.1) is 0 Å². The first-order valence-corrected chi connectivity index (χ1v) is 8.10. The van der Waals surface area contributed by atoms with Crippen molar-refractivity contribution in [3.8, 4) is 12.3 Å². The Bertz CT molecular complexity index is 734. The number of likely N-dealkylation sites (tertiary alicyclic amines) is 1. The van der Waals surface area contributed by atoms with Crippen molar-refractivity contribution in [2.24, 2.45) is 0 Å². The molecule has 1 unspecified atom stereocenters. The van der Waals surface area contributed by atoms with Crippen LogP contribution in [0.5, 0.6) is 5.75 Å². The fourth-order valence-electron chi connectivity index (χ4n) is 2.92. The second-order valence-electron chi connectivity index (χ2n) is 5.76. The van der Waals surface area contributed by atoms with Gasteiger partial charge in [-0.25, -0.2) is 19.0 Å². The highest BCUT2D eigenvalue weighted by Gasteiger charge is 2.25. The number of pyridine rings is 1. The van der Waals surface area contributed by atoms with Crippen molar-refractivity contribution < 1.29 is 13.5 Å². The molecule has 1 aromatic carbocycles. The van der Waals surface area contributed by atoms with E-state index in [1.807, 2.05) is 6.07 Å². The molecule has 1 saturated heterocycles. The van der Waals surface area contributed by atoms with E-state index in [1.165, 1.54) is 18.3 Å². The van der Waals surface area contributed by atoms with Crippen LogP contribution >= 0.6 is 11.6 Å². The van der Waals surface area contributed by atoms with Gasteiger partial charge in [0.05, 0.1) is 6.20 Å². The predicted molar refractivity (Wildman–Crippen MR) is 91.2 cm³/mol. The summed E-state index contributed by atoms with van der Waals surface area (Å²) in [6.45, 7) is 4.59. The van der Waals surface area contributed by atoms with Crippen molar-refractivity contribution >= 4 is 11.6 Å². The van der Waals surface area contributed by atoms with Gasteiger partial charge in [-0.3, -0.25) is 4.90 Å². The summed E-state index contributed by atoms with van der Waals surface area (Å²) < 4.78 is 32.0. The highest BCUT2D eigenvalue weighted by atomic mass is 35.5. The summed E-state index contributed by atoms with van der Waals surface area (Å²) in [4.78, 5) is 6.40. The molecule has 7 heteroatoms. The van der Waals surface area contributed by atoms with Crippen molar-refractivity contribution in [2.45, 2.75) is 25.5 Å². The zero-order valence-corrected chi connectivity index (χ0v) is 14.5. The number of nitriles is 1. The molecule has 1 atom stereocenters. The zero-order valence-electron chi connectivity index (χ0n) is 13.8. The van der Waals surface area contributed by atoms with Crippen molar-refractivity contribution in [3.05, 3.63) is 58.4 Å². The number of halogens is 3. The average molecular weight is 366 g/mol. The van der Waals surface area contributed by atoms with E-state index in [2.05, 4.69) is 23.5 Å². The van der Waals surface area contributed by atoms with Crippen LogP contribution in [0.4, 0.5) is 8.78 Å². The molecule has 0 saturated carbocycles. The summed E-state index contributed by atoms with van der Waals surface area (Å²) in [5.41, 5.74) is 1.35. The summed E-state index contributed by atoms with van der Waals surface area (Å²) in [6, 6.07) is 5.42. The number of hydrogen-bond donors (Lipinski definition) is 0. The Morgan fingerprint density at radius 3 is 2.56 bits per heavy atom. The van der Waals surface area contributed by atoms with E-state index in [0.717, 1.165) is 31.0 Å². The molecule has 3 rings (SSSR count). The third-order valence-electron chi connectivity index (χ3n) is 4.05. The smallest absolute Gasteiger partial charge is 0.138 e. The van der Waals surface area contributed by atoms with Gasteiger partial charge >= 0.3 is 0 Å². The largest absolute Gasteiger partial charge is 0.487 e. The molecule has 0 bridgehead atoms. The van der Waals surface area contributed by atoms with E-state index in [0.29, 0.717) is 16.5 Å². The minimum Gasteiger partial charge on any atom is -0.487 e. The van der Waals surface area contributed by atoms with Gasteiger partial charge in [0.15, 0.2) is 0 Å². The lowest BCUT2D eigenvalue weighted by molar-refractivity contribution is 0.297. The molecule has 132 valence electrons. The molecule has 1 aliphatic rings. The fourth-order valence-corrected chi connectivity index (χ4v) is 3.15. The average Bonchev–Trinajstić information content (AvgIpc) is 3.01. The molecular weight excluding hydrogens is 348 g/mol. The van der Waals surface area contributed by atoms with Crippen LogP contribution in [-0.2, 0) is 6.61 Å². The molecule has 25 heavy (non-hydrogen) atoms. The lowest BCUT2D eigenvalue weighted by Gasteiger charge is -2.21. The van der Waals surface area contributed by atoms with Crippen LogP contribution in [0.3, 0.4) is 0 Å². The monoisotopic (exact) mass is 365 g/mol. The van der Waals surface area contributed by atoms with Crippen molar-refractivity contribution in [1.29, 1.82) is 5.26 Å². The lowest BCUT2D eigenvalue weighted by atomic mass is 10.1. The Morgan fingerprint density at radius 1 is 1.28 bits per heavy atom. The third-order valence-corrected chi connectivity index (χ3v) is 4.36. The fraction of sp³-hybridized carbons (Fsp3) is 0.333. The van der Waals surface area contributed by atoms with E-state index >= 15 is 0 Å². The molecule has 2 aromatic rings. The number of ether oxygens (including phenoxy) is 1. The predicted octanol–water partition coefficient (Wildman–Crippen LogP) is 4.50. The first-order chi connectivity index (χ1) is 12.0. The van der Waals surface area contributed by atoms with Crippen LogP contribution in [0.25, 0.3) is 0 Å². The highest BCUT2D eigenvalue weighted by Crippen LogP contribution is 2.35. The van der Waals surface area contributed by atoms with E-state index in [1.54, 1.807) is 0 Å². The number of benzene rings is 1. The molecular formula is C18H18ClF2N3O. The molecule has 0 aliphatic carbocycles. The maximum atomic E-state index is 13.2. The van der Waals surface area contributed by atoms with Crippen LogP contribution in [0, 0.1) is 23.5 Å². The van der Waals surface area contributed by atoms with Crippen molar-refractivity contribution in [3.63, 3.8) is 0 Å². The van der Waals surface area contributed by atoms with Gasteiger partial charge in [0.1, 0.15) is 29.1 Å². The van der Waals surface area contributed by atoms with E-state index in [9.17, 15) is 8.78 Å². The van der Waals surface area contributed by atoms with E-state index in [4.69, 9.17) is 21.6 Å². The Labute approximate surface area is 150 Å². The lowest BCUT2D eigenvalue weighted by Crippen LogP contribution is -2.18. The van der Waals surface area contributed by atoms with Crippen LogP contribution in [0.2, 0.25) is 5.15 Å². The van der Waals surface area contributed by atoms with Gasteiger partial charge in [-0.05, 0) is 50.2 Å². The normalized spacial score (nSPS) is 17.0. The third kappa shape index (κ3) is 4.88. The molecule has 0 amide bonds. The minimum absolute atomic E-state index is 0.0674. The number of nitrogens with zero attached hydrogens (tertiary/aromatic N) is 3. The molecule has 2 heterocycles. The van der Waals surface area contributed by atoms with Crippen LogP contribution < -0.4 is 4.74 Å². The second-order valence-corrected chi connectivity index (χ2v) is 6.11. The topological polar surface area (TPSA) is 49.2 Å². The summed E-state index contributed by atoms with van der Waals surface area (Å²) >= 11 is 6.21. The van der Waals surface area contributed by atoms with Crippen LogP contribution in [0.1, 0.15) is 30.0 Å². The van der Waals surface area contributed by atoms with Gasteiger partial charge < -0.3 is 4.74 Å². The second kappa shape index (κ2) is 8.75. The van der Waals surface area contributed by atoms with Crippen molar-refractivity contribution in [1.82, 2.24) is 9.88 Å². The maximum Gasteiger partial charge on any atom is 0.138 e. The molecule has 1 aromatic heterocycles. The quantitative estimate of drug-likeness (QED) is 0.748. The summed E-state index contributed by atoms with van der Waals surface area (Å²) in [5, 5.41) is 6.97. The Kier molecular flexibility index (Phi) is 6.68. The molecule has 4 nitrogen and oxygen atoms in total. The first-order valence-electron chi connectivity index (χ1n) is 7.72. The van der Waals surface area contributed by atoms with E-state index in [-0.39, 0.29) is 12.6 Å². The van der Waals surface area contributed by atoms with Crippen molar-refractivity contribution in [2.75, 3.05) is 13.6 Å². The number of hydrogen-bond acceptors (Lipinski definition) is 4. The summed E-state index contributed by atoms with van der Waals surface area (Å²) in [7, 11) is 2.05. The van der Waals surface area contributed by atoms with Crippen LogP contribution in [-0.4, -0.2) is 23.5 Å². The minimum atomic E-state index is -0.619. The maximum absolute atomic E-state index is 13.2. The van der Waals surface area contributed by atoms with Gasteiger partial charge in [0.2, 0.25) is 0 Å². The molecule has 0 radical (unpaired) electrons. The molecule has 1 aliphatic heterocycles.